The van der Waals surface area contributed by atoms with Crippen molar-refractivity contribution >= 4 is 0 Å². The predicted octanol–water partition coefficient (Wildman–Crippen LogP) is 7.11. The number of unbranched alkanes of at least 4 members (excludes halogenated alkanes) is 2. The van der Waals surface area contributed by atoms with Crippen LogP contribution in [0.4, 0.5) is 13.2 Å². The van der Waals surface area contributed by atoms with Gasteiger partial charge in [-0.1, -0.05) is 38.0 Å². The molecule has 1 aromatic rings. The summed E-state index contributed by atoms with van der Waals surface area (Å²) < 4.78 is 46.1. The molecule has 0 amide bonds. The minimum absolute atomic E-state index is 0.0229. The van der Waals surface area contributed by atoms with Crippen LogP contribution < -0.4 is 4.74 Å². The highest BCUT2D eigenvalue weighted by atomic mass is 19.2. The molecule has 0 aliphatic heterocycles. The highest BCUT2D eigenvalue weighted by molar-refractivity contribution is 5.33. The van der Waals surface area contributed by atoms with Crippen molar-refractivity contribution in [1.82, 2.24) is 0 Å². The third-order valence-electron chi connectivity index (χ3n) is 5.36. The Morgan fingerprint density at radius 1 is 1.04 bits per heavy atom. The van der Waals surface area contributed by atoms with Crippen molar-refractivity contribution in [2.45, 2.75) is 70.6 Å². The average Bonchev–Trinajstić information content (AvgIpc) is 2.66. The highest BCUT2D eigenvalue weighted by Gasteiger charge is 2.26. The molecule has 0 unspecified atom stereocenters. The van der Waals surface area contributed by atoms with E-state index in [2.05, 4.69) is 0 Å². The van der Waals surface area contributed by atoms with E-state index in [0.29, 0.717) is 18.1 Å². The summed E-state index contributed by atoms with van der Waals surface area (Å²) in [6.45, 7) is 2.05. The fourth-order valence-electron chi connectivity index (χ4n) is 3.77. The van der Waals surface area contributed by atoms with E-state index in [1.807, 2.05) is 13.0 Å². The molecule has 0 heterocycles. The Kier molecular flexibility index (Phi) is 9.07. The lowest BCUT2D eigenvalue weighted by Gasteiger charge is -2.29. The molecule has 2 rings (SSSR count). The summed E-state index contributed by atoms with van der Waals surface area (Å²) in [6, 6.07) is 3.28. The van der Waals surface area contributed by atoms with Crippen LogP contribution in [0.25, 0.3) is 0 Å². The maximum absolute atomic E-state index is 14.5. The lowest BCUT2D eigenvalue weighted by atomic mass is 9.77. The van der Waals surface area contributed by atoms with Gasteiger partial charge >= 0.3 is 0 Å². The lowest BCUT2D eigenvalue weighted by molar-refractivity contribution is 0.282. The SMILES string of the molecule is CCCCOc1ccc(C2CCC(CCC/C=C/CF)CC2)c(F)c1F. The number of hydrogen-bond donors (Lipinski definition) is 0. The van der Waals surface area contributed by atoms with E-state index < -0.39 is 18.3 Å². The van der Waals surface area contributed by atoms with Crippen LogP contribution in [0.1, 0.15) is 76.2 Å². The molecule has 1 aromatic carbocycles. The van der Waals surface area contributed by atoms with Crippen LogP contribution in [0.5, 0.6) is 5.75 Å². The minimum Gasteiger partial charge on any atom is -0.490 e. The zero-order valence-corrected chi connectivity index (χ0v) is 15.8. The molecule has 0 bridgehead atoms. The summed E-state index contributed by atoms with van der Waals surface area (Å²) in [5, 5.41) is 0. The number of hydrogen-bond acceptors (Lipinski definition) is 1. The molecular formula is C22H31F3O. The van der Waals surface area contributed by atoms with Crippen molar-refractivity contribution in [3.8, 4) is 5.75 Å². The van der Waals surface area contributed by atoms with Gasteiger partial charge < -0.3 is 4.74 Å². The summed E-state index contributed by atoms with van der Waals surface area (Å²) in [7, 11) is 0. The Hall–Kier alpha value is -1.45. The van der Waals surface area contributed by atoms with Crippen molar-refractivity contribution in [1.29, 1.82) is 0 Å². The fraction of sp³-hybridized carbons (Fsp3) is 0.636. The smallest absolute Gasteiger partial charge is 0.200 e. The first-order valence-corrected chi connectivity index (χ1v) is 9.99. The van der Waals surface area contributed by atoms with E-state index in [0.717, 1.165) is 57.8 Å². The van der Waals surface area contributed by atoms with Gasteiger partial charge in [-0.15, -0.1) is 0 Å². The number of benzene rings is 1. The van der Waals surface area contributed by atoms with Gasteiger partial charge in [0.1, 0.15) is 6.67 Å². The van der Waals surface area contributed by atoms with Crippen LogP contribution in [-0.4, -0.2) is 13.3 Å². The molecule has 0 aromatic heterocycles. The third-order valence-corrected chi connectivity index (χ3v) is 5.36. The second-order valence-corrected chi connectivity index (χ2v) is 7.26. The maximum Gasteiger partial charge on any atom is 0.200 e. The second-order valence-electron chi connectivity index (χ2n) is 7.26. The first-order valence-electron chi connectivity index (χ1n) is 9.99. The topological polar surface area (TPSA) is 9.23 Å². The van der Waals surface area contributed by atoms with Gasteiger partial charge in [0.2, 0.25) is 5.82 Å². The Morgan fingerprint density at radius 3 is 2.50 bits per heavy atom. The van der Waals surface area contributed by atoms with Gasteiger partial charge in [-0.05, 0) is 68.4 Å². The summed E-state index contributed by atoms with van der Waals surface area (Å²) in [4.78, 5) is 0. The predicted molar refractivity (Wildman–Crippen MR) is 100 cm³/mol. The Bertz CT molecular complexity index is 563. The highest BCUT2D eigenvalue weighted by Crippen LogP contribution is 2.40. The Labute approximate surface area is 155 Å². The van der Waals surface area contributed by atoms with E-state index in [4.69, 9.17) is 4.74 Å². The van der Waals surface area contributed by atoms with Crippen LogP contribution in [0.2, 0.25) is 0 Å². The molecule has 0 spiro atoms. The average molecular weight is 368 g/mol. The fourth-order valence-corrected chi connectivity index (χ4v) is 3.77. The van der Waals surface area contributed by atoms with Gasteiger partial charge in [0.05, 0.1) is 6.61 Å². The molecule has 0 radical (unpaired) electrons. The summed E-state index contributed by atoms with van der Waals surface area (Å²) in [6.07, 6.45) is 12.3. The number of rotatable bonds is 10. The molecule has 0 saturated heterocycles. The van der Waals surface area contributed by atoms with Gasteiger partial charge in [0.25, 0.3) is 0 Å². The molecular weight excluding hydrogens is 337 g/mol. The zero-order valence-electron chi connectivity index (χ0n) is 15.8. The minimum atomic E-state index is -0.847. The van der Waals surface area contributed by atoms with Crippen LogP contribution >= 0.6 is 0 Å². The van der Waals surface area contributed by atoms with Gasteiger partial charge in [0.15, 0.2) is 11.6 Å². The van der Waals surface area contributed by atoms with Crippen LogP contribution in [0.3, 0.4) is 0 Å². The van der Waals surface area contributed by atoms with Crippen molar-refractivity contribution in [2.75, 3.05) is 13.3 Å². The molecule has 1 aliphatic rings. The molecule has 0 N–H and O–H groups in total. The molecule has 1 fully saturated rings. The van der Waals surface area contributed by atoms with Gasteiger partial charge in [-0.2, -0.15) is 4.39 Å². The van der Waals surface area contributed by atoms with E-state index in [1.165, 1.54) is 0 Å². The quantitative estimate of drug-likeness (QED) is 0.316. The Morgan fingerprint density at radius 2 is 1.81 bits per heavy atom. The standard InChI is InChI=1S/C22H31F3O/c1-2-3-16-26-20-14-13-19(21(24)22(20)25)18-11-9-17(10-12-18)8-6-4-5-7-15-23/h5,7,13-14,17-18H,2-4,6,8-12,15-16H2,1H3/b7-5+. The van der Waals surface area contributed by atoms with Crippen LogP contribution in [0, 0.1) is 17.6 Å². The zero-order chi connectivity index (χ0) is 18.8. The number of alkyl halides is 1. The van der Waals surface area contributed by atoms with E-state index in [1.54, 1.807) is 18.2 Å². The summed E-state index contributed by atoms with van der Waals surface area (Å²) in [5.41, 5.74) is 0.495. The second kappa shape index (κ2) is 11.3. The number of ether oxygens (including phenoxy) is 1. The monoisotopic (exact) mass is 368 g/mol. The van der Waals surface area contributed by atoms with E-state index in [9.17, 15) is 13.2 Å². The molecule has 1 nitrogen and oxygen atoms in total. The molecule has 26 heavy (non-hydrogen) atoms. The first kappa shape index (κ1) is 20.9. The maximum atomic E-state index is 14.5. The molecule has 4 heteroatoms. The van der Waals surface area contributed by atoms with Crippen LogP contribution in [-0.2, 0) is 0 Å². The number of halogens is 3. The van der Waals surface area contributed by atoms with E-state index >= 15 is 0 Å². The Balaban J connectivity index is 1.84. The number of allylic oxidation sites excluding steroid dienone is 2. The molecule has 0 atom stereocenters. The largest absolute Gasteiger partial charge is 0.490 e. The summed E-state index contributed by atoms with van der Waals surface area (Å²) in [5.74, 6) is -0.819. The summed E-state index contributed by atoms with van der Waals surface area (Å²) >= 11 is 0. The van der Waals surface area contributed by atoms with E-state index in [-0.39, 0.29) is 11.7 Å². The van der Waals surface area contributed by atoms with Gasteiger partial charge in [0, 0.05) is 0 Å². The lowest BCUT2D eigenvalue weighted by Crippen LogP contribution is -2.15. The molecule has 1 aliphatic carbocycles. The van der Waals surface area contributed by atoms with Crippen molar-refractivity contribution in [3.05, 3.63) is 41.5 Å². The molecule has 146 valence electrons. The first-order chi connectivity index (χ1) is 12.7. The van der Waals surface area contributed by atoms with Crippen molar-refractivity contribution in [3.63, 3.8) is 0 Å². The van der Waals surface area contributed by atoms with Crippen LogP contribution in [0.15, 0.2) is 24.3 Å². The van der Waals surface area contributed by atoms with Crippen molar-refractivity contribution < 1.29 is 17.9 Å². The van der Waals surface area contributed by atoms with Crippen molar-refractivity contribution in [2.24, 2.45) is 5.92 Å². The van der Waals surface area contributed by atoms with Gasteiger partial charge in [-0.3, -0.25) is 0 Å². The normalized spacial score (nSPS) is 20.6. The third kappa shape index (κ3) is 6.07. The van der Waals surface area contributed by atoms with Gasteiger partial charge in [-0.25, -0.2) is 8.78 Å². The molecule has 1 saturated carbocycles.